The van der Waals surface area contributed by atoms with Crippen LogP contribution in [-0.2, 0) is 11.3 Å². The molecule has 4 rings (SSSR count). The lowest BCUT2D eigenvalue weighted by Gasteiger charge is -2.27. The van der Waals surface area contributed by atoms with Gasteiger partial charge in [-0.3, -0.25) is 19.4 Å². The first-order chi connectivity index (χ1) is 18.9. The first-order valence-electron chi connectivity index (χ1n) is 12.9. The summed E-state index contributed by atoms with van der Waals surface area (Å²) in [7, 11) is 0. The average Bonchev–Trinajstić information content (AvgIpc) is 2.98. The second-order valence-electron chi connectivity index (χ2n) is 9.34. The second kappa shape index (κ2) is 13.1. The van der Waals surface area contributed by atoms with E-state index >= 15 is 0 Å². The van der Waals surface area contributed by atoms with Gasteiger partial charge in [-0.05, 0) is 46.4 Å². The Bertz CT molecular complexity index is 1420. The topological polar surface area (TPSA) is 99.6 Å². The van der Waals surface area contributed by atoms with Gasteiger partial charge in [-0.2, -0.15) is 0 Å². The zero-order valence-electron chi connectivity index (χ0n) is 21.8. The normalized spacial score (nSPS) is 11.4. The number of aliphatic carboxylic acids is 1. The number of nitrogens with zero attached hydrogens (tertiary/aromatic N) is 2. The Morgan fingerprint density at radius 2 is 1.49 bits per heavy atom. The molecular weight excluding hydrogens is 490 g/mol. The van der Waals surface area contributed by atoms with Crippen LogP contribution in [0.5, 0.6) is 0 Å². The van der Waals surface area contributed by atoms with Gasteiger partial charge in [0.15, 0.2) is 0 Å². The second-order valence-corrected chi connectivity index (χ2v) is 9.34. The van der Waals surface area contributed by atoms with Crippen LogP contribution in [0.4, 0.5) is 0 Å². The smallest absolute Gasteiger partial charge is 0.305 e. The van der Waals surface area contributed by atoms with Crippen molar-refractivity contribution in [3.63, 3.8) is 0 Å². The van der Waals surface area contributed by atoms with Gasteiger partial charge in [0.25, 0.3) is 11.8 Å². The highest BCUT2D eigenvalue weighted by molar-refractivity contribution is 6.06. The van der Waals surface area contributed by atoms with Crippen molar-refractivity contribution in [3.8, 4) is 11.1 Å². The number of hydrogen-bond donors (Lipinski definition) is 2. The zero-order valence-corrected chi connectivity index (χ0v) is 21.8. The summed E-state index contributed by atoms with van der Waals surface area (Å²) >= 11 is 0. The molecule has 0 saturated carbocycles. The highest BCUT2D eigenvalue weighted by atomic mass is 16.4. The molecule has 1 aromatic heterocycles. The molecule has 1 heterocycles. The molecule has 3 aromatic carbocycles. The Hall–Kier alpha value is -4.78. The molecule has 0 aliphatic rings. The lowest BCUT2D eigenvalue weighted by Crippen LogP contribution is -2.36. The number of pyridine rings is 1. The number of carbonyl (C=O) groups is 3. The van der Waals surface area contributed by atoms with Gasteiger partial charge in [0.1, 0.15) is 0 Å². The number of benzene rings is 3. The van der Waals surface area contributed by atoms with Crippen LogP contribution < -0.4 is 5.32 Å². The van der Waals surface area contributed by atoms with Gasteiger partial charge in [0.05, 0.1) is 6.42 Å². The summed E-state index contributed by atoms with van der Waals surface area (Å²) in [4.78, 5) is 44.2. The fourth-order valence-electron chi connectivity index (χ4n) is 4.49. The van der Waals surface area contributed by atoms with Gasteiger partial charge in [-0.25, -0.2) is 0 Å². The summed E-state index contributed by atoms with van der Waals surface area (Å²) < 4.78 is 0. The first-order valence-corrected chi connectivity index (χ1v) is 12.9. The monoisotopic (exact) mass is 521 g/mol. The third-order valence-electron chi connectivity index (χ3n) is 6.54. The molecule has 0 radical (unpaired) electrons. The summed E-state index contributed by atoms with van der Waals surface area (Å²) in [6.07, 6.45) is 3.21. The number of hydrogen-bond acceptors (Lipinski definition) is 4. The van der Waals surface area contributed by atoms with Crippen LogP contribution in [0.25, 0.3) is 11.1 Å². The summed E-state index contributed by atoms with van der Waals surface area (Å²) in [6.45, 7) is 2.77. The molecule has 2 N–H and O–H groups in total. The van der Waals surface area contributed by atoms with Gasteiger partial charge in [0, 0.05) is 43.2 Å². The zero-order chi connectivity index (χ0) is 27.6. The molecule has 0 saturated heterocycles. The number of carboxylic acids is 1. The molecule has 1 unspecified atom stereocenters. The van der Waals surface area contributed by atoms with E-state index in [2.05, 4.69) is 10.3 Å². The minimum Gasteiger partial charge on any atom is -0.481 e. The van der Waals surface area contributed by atoms with Crippen LogP contribution in [0.3, 0.4) is 0 Å². The molecule has 198 valence electrons. The van der Waals surface area contributed by atoms with Crippen molar-refractivity contribution < 1.29 is 19.5 Å². The molecular formula is C32H31N3O4. The Kier molecular flexibility index (Phi) is 9.19. The molecule has 4 aromatic rings. The van der Waals surface area contributed by atoms with Crippen LogP contribution in [0.15, 0.2) is 103 Å². The van der Waals surface area contributed by atoms with Crippen LogP contribution in [0.1, 0.15) is 51.1 Å². The molecule has 0 spiro atoms. The van der Waals surface area contributed by atoms with Gasteiger partial charge >= 0.3 is 5.97 Å². The quantitative estimate of drug-likeness (QED) is 0.275. The number of carboxylic acid groups (broad SMARTS) is 1. The van der Waals surface area contributed by atoms with Gasteiger partial charge in [-0.15, -0.1) is 0 Å². The van der Waals surface area contributed by atoms with Crippen LogP contribution in [0.2, 0.25) is 0 Å². The average molecular weight is 522 g/mol. The minimum absolute atomic E-state index is 0.00153. The van der Waals surface area contributed by atoms with E-state index in [4.69, 9.17) is 0 Å². The van der Waals surface area contributed by atoms with Crippen molar-refractivity contribution in [3.05, 3.63) is 126 Å². The first kappa shape index (κ1) is 27.3. The Labute approximate surface area is 228 Å². The van der Waals surface area contributed by atoms with E-state index in [0.29, 0.717) is 35.3 Å². The molecule has 2 amide bonds. The highest BCUT2D eigenvalue weighted by Gasteiger charge is 2.24. The van der Waals surface area contributed by atoms with Crippen molar-refractivity contribution >= 4 is 17.8 Å². The molecule has 39 heavy (non-hydrogen) atoms. The van der Waals surface area contributed by atoms with E-state index in [1.54, 1.807) is 41.6 Å². The third kappa shape index (κ3) is 7.17. The summed E-state index contributed by atoms with van der Waals surface area (Å²) in [5, 5.41) is 12.3. The van der Waals surface area contributed by atoms with Gasteiger partial charge < -0.3 is 15.3 Å². The van der Waals surface area contributed by atoms with Crippen molar-refractivity contribution in [2.45, 2.75) is 25.8 Å². The van der Waals surface area contributed by atoms with E-state index in [1.807, 2.05) is 73.7 Å². The van der Waals surface area contributed by atoms with E-state index in [9.17, 15) is 19.5 Å². The molecule has 0 fully saturated rings. The predicted octanol–water partition coefficient (Wildman–Crippen LogP) is 5.40. The predicted molar refractivity (Wildman–Crippen MR) is 150 cm³/mol. The van der Waals surface area contributed by atoms with Crippen molar-refractivity contribution in [2.24, 2.45) is 0 Å². The van der Waals surface area contributed by atoms with Crippen molar-refractivity contribution in [1.29, 1.82) is 0 Å². The van der Waals surface area contributed by atoms with Crippen molar-refractivity contribution in [1.82, 2.24) is 15.2 Å². The maximum absolute atomic E-state index is 13.9. The van der Waals surface area contributed by atoms with E-state index in [0.717, 1.165) is 11.1 Å². The van der Waals surface area contributed by atoms with Crippen LogP contribution >= 0.6 is 0 Å². The Morgan fingerprint density at radius 1 is 0.846 bits per heavy atom. The fourth-order valence-corrected chi connectivity index (χ4v) is 4.49. The fraction of sp³-hybridized carbons (Fsp3) is 0.188. The maximum Gasteiger partial charge on any atom is 0.305 e. The SMILES string of the molecule is CC(CN(CCC(=O)O)C(=O)c1ccccc1-c1ccccc1C(=O)NCc1cccnc1)c1ccccc1. The largest absolute Gasteiger partial charge is 0.481 e. The lowest BCUT2D eigenvalue weighted by molar-refractivity contribution is -0.137. The van der Waals surface area contributed by atoms with Gasteiger partial charge in [0.2, 0.25) is 0 Å². The minimum atomic E-state index is -0.968. The van der Waals surface area contributed by atoms with E-state index in [-0.39, 0.29) is 30.7 Å². The number of nitrogens with one attached hydrogen (secondary N) is 1. The standard InChI is InChI=1S/C32H31N3O4/c1-23(25-11-3-2-4-12-25)22-35(19-17-30(36)37)32(39)29-16-8-6-14-27(29)26-13-5-7-15-28(26)31(38)34-21-24-10-9-18-33-20-24/h2-16,18,20,23H,17,19,21-22H2,1H3,(H,34,38)(H,36,37). The van der Waals surface area contributed by atoms with E-state index < -0.39 is 5.97 Å². The van der Waals surface area contributed by atoms with Gasteiger partial charge in [-0.1, -0.05) is 79.7 Å². The number of rotatable bonds is 11. The van der Waals surface area contributed by atoms with Crippen LogP contribution in [0, 0.1) is 0 Å². The third-order valence-corrected chi connectivity index (χ3v) is 6.54. The maximum atomic E-state index is 13.9. The van der Waals surface area contributed by atoms with E-state index in [1.165, 1.54) is 0 Å². The Balaban J connectivity index is 1.63. The number of amides is 2. The van der Waals surface area contributed by atoms with Crippen molar-refractivity contribution in [2.75, 3.05) is 13.1 Å². The molecule has 0 aliphatic heterocycles. The number of carbonyl (C=O) groups excluding carboxylic acids is 2. The summed E-state index contributed by atoms with van der Waals surface area (Å²) in [5.74, 6) is -1.51. The number of aromatic nitrogens is 1. The summed E-state index contributed by atoms with van der Waals surface area (Å²) in [6, 6.07) is 27.8. The molecule has 7 heteroatoms. The Morgan fingerprint density at radius 3 is 2.15 bits per heavy atom. The summed E-state index contributed by atoms with van der Waals surface area (Å²) in [5.41, 5.74) is 4.03. The highest BCUT2D eigenvalue weighted by Crippen LogP contribution is 2.29. The van der Waals surface area contributed by atoms with Crippen LogP contribution in [-0.4, -0.2) is 45.9 Å². The molecule has 7 nitrogen and oxygen atoms in total. The molecule has 0 aliphatic carbocycles. The lowest BCUT2D eigenvalue weighted by atomic mass is 9.93. The molecule has 0 bridgehead atoms. The molecule has 1 atom stereocenters.